The van der Waals surface area contributed by atoms with Crippen LogP contribution in [0.5, 0.6) is 0 Å². The highest BCUT2D eigenvalue weighted by molar-refractivity contribution is 6.10. The van der Waals surface area contributed by atoms with Gasteiger partial charge >= 0.3 is 5.97 Å². The fourth-order valence-electron chi connectivity index (χ4n) is 1.80. The lowest BCUT2D eigenvalue weighted by atomic mass is 10.1. The van der Waals surface area contributed by atoms with Gasteiger partial charge in [0, 0.05) is 16.8 Å². The smallest absolute Gasteiger partial charge is 0.327 e. The number of terminal acetylenes is 1. The van der Waals surface area contributed by atoms with Crippen molar-refractivity contribution in [3.63, 3.8) is 0 Å². The maximum absolute atomic E-state index is 12.0. The van der Waals surface area contributed by atoms with Crippen molar-refractivity contribution >= 4 is 17.6 Å². The summed E-state index contributed by atoms with van der Waals surface area (Å²) in [6, 6.07) is 7.08. The largest absolute Gasteiger partial charge is 0.451 e. The van der Waals surface area contributed by atoms with Gasteiger partial charge in [-0.3, -0.25) is 14.5 Å². The number of ether oxygens (including phenoxy) is 1. The summed E-state index contributed by atoms with van der Waals surface area (Å²) < 4.78 is 4.74. The van der Waals surface area contributed by atoms with Crippen molar-refractivity contribution in [3.8, 4) is 12.3 Å². The number of nitrogens with zero attached hydrogens (tertiary/aromatic N) is 1. The second-order valence-electron chi connectivity index (χ2n) is 3.75. The number of hydrogen-bond acceptors (Lipinski definition) is 3. The van der Waals surface area contributed by atoms with Crippen molar-refractivity contribution in [1.82, 2.24) is 4.90 Å². The van der Waals surface area contributed by atoms with Gasteiger partial charge in [-0.05, 0) is 6.07 Å². The summed E-state index contributed by atoms with van der Waals surface area (Å²) in [5, 5.41) is 0. The Hall–Kier alpha value is -2.54. The molecular formula is C14H11NO3. The molecule has 90 valence electrons. The number of esters is 1. The average molecular weight is 241 g/mol. The lowest BCUT2D eigenvalue weighted by molar-refractivity contribution is -0.142. The van der Waals surface area contributed by atoms with Gasteiger partial charge in [0.25, 0.3) is 5.91 Å². The molecule has 0 spiro atoms. The van der Waals surface area contributed by atoms with Crippen LogP contribution in [0.25, 0.3) is 5.70 Å². The lowest BCUT2D eigenvalue weighted by Crippen LogP contribution is -2.30. The molecule has 1 aliphatic heterocycles. The van der Waals surface area contributed by atoms with E-state index in [1.54, 1.807) is 18.2 Å². The minimum absolute atomic E-state index is 0.0969. The van der Waals surface area contributed by atoms with Crippen molar-refractivity contribution in [3.05, 3.63) is 42.0 Å². The number of benzene rings is 1. The van der Waals surface area contributed by atoms with E-state index in [2.05, 4.69) is 12.5 Å². The van der Waals surface area contributed by atoms with Gasteiger partial charge in [-0.15, -0.1) is 6.42 Å². The molecule has 0 saturated heterocycles. The predicted molar refractivity (Wildman–Crippen MR) is 66.3 cm³/mol. The highest BCUT2D eigenvalue weighted by atomic mass is 16.5. The van der Waals surface area contributed by atoms with E-state index in [1.165, 1.54) is 4.90 Å². The van der Waals surface area contributed by atoms with Crippen molar-refractivity contribution in [1.29, 1.82) is 0 Å². The predicted octanol–water partition coefficient (Wildman–Crippen LogP) is 1.29. The van der Waals surface area contributed by atoms with E-state index >= 15 is 0 Å². The summed E-state index contributed by atoms with van der Waals surface area (Å²) in [5.74, 6) is 1.41. The Morgan fingerprint density at radius 1 is 1.39 bits per heavy atom. The van der Waals surface area contributed by atoms with Crippen molar-refractivity contribution in [2.45, 2.75) is 0 Å². The van der Waals surface area contributed by atoms with E-state index in [0.29, 0.717) is 11.3 Å². The van der Waals surface area contributed by atoms with E-state index in [-0.39, 0.29) is 19.1 Å². The van der Waals surface area contributed by atoms with E-state index in [9.17, 15) is 9.59 Å². The van der Waals surface area contributed by atoms with Crippen LogP contribution in [0, 0.1) is 12.3 Å². The maximum atomic E-state index is 12.0. The molecule has 0 unspecified atom stereocenters. The first kappa shape index (κ1) is 11.9. The van der Waals surface area contributed by atoms with Crippen molar-refractivity contribution in [2.75, 3.05) is 13.2 Å². The van der Waals surface area contributed by atoms with E-state index in [4.69, 9.17) is 11.2 Å². The Balaban J connectivity index is 2.14. The van der Waals surface area contributed by atoms with Crippen LogP contribution >= 0.6 is 0 Å². The van der Waals surface area contributed by atoms with Crippen LogP contribution in [0.15, 0.2) is 30.8 Å². The fourth-order valence-corrected chi connectivity index (χ4v) is 1.80. The molecule has 1 aromatic carbocycles. The quantitative estimate of drug-likeness (QED) is 0.591. The summed E-state index contributed by atoms with van der Waals surface area (Å²) in [6.45, 7) is 3.55. The molecule has 0 fully saturated rings. The van der Waals surface area contributed by atoms with Crippen LogP contribution in [0.2, 0.25) is 0 Å². The standard InChI is InChI=1S/C14H11NO3/c1-3-8-18-13(16)9-15-10(2)11-6-4-5-7-12(11)14(15)17/h1,4-7H,2,8-9H2. The van der Waals surface area contributed by atoms with Gasteiger partial charge in [0.15, 0.2) is 6.61 Å². The molecule has 4 heteroatoms. The molecule has 4 nitrogen and oxygen atoms in total. The molecule has 0 atom stereocenters. The molecular weight excluding hydrogens is 230 g/mol. The molecule has 0 saturated carbocycles. The van der Waals surface area contributed by atoms with E-state index in [0.717, 1.165) is 5.56 Å². The minimum atomic E-state index is -0.546. The van der Waals surface area contributed by atoms with Crippen LogP contribution in [0.1, 0.15) is 15.9 Å². The monoisotopic (exact) mass is 241 g/mol. The molecule has 0 N–H and O–H groups in total. The average Bonchev–Trinajstić information content (AvgIpc) is 2.62. The van der Waals surface area contributed by atoms with Crippen LogP contribution in [0.4, 0.5) is 0 Å². The van der Waals surface area contributed by atoms with Gasteiger partial charge in [0.1, 0.15) is 6.54 Å². The molecule has 1 heterocycles. The number of carbonyl (C=O) groups excluding carboxylic acids is 2. The number of hydrogen-bond donors (Lipinski definition) is 0. The first-order valence-electron chi connectivity index (χ1n) is 5.34. The maximum Gasteiger partial charge on any atom is 0.327 e. The Labute approximate surface area is 105 Å². The Bertz CT molecular complexity index is 534. The van der Waals surface area contributed by atoms with Gasteiger partial charge in [-0.1, -0.05) is 30.7 Å². The number of carbonyl (C=O) groups is 2. The van der Waals surface area contributed by atoms with Crippen LogP contribution in [-0.2, 0) is 9.53 Å². The van der Waals surface area contributed by atoms with Gasteiger partial charge in [0.05, 0.1) is 0 Å². The van der Waals surface area contributed by atoms with Crippen LogP contribution in [-0.4, -0.2) is 29.9 Å². The molecule has 0 bridgehead atoms. The topological polar surface area (TPSA) is 46.6 Å². The zero-order valence-corrected chi connectivity index (χ0v) is 9.68. The zero-order chi connectivity index (χ0) is 13.1. The molecule has 0 aliphatic carbocycles. The van der Waals surface area contributed by atoms with Gasteiger partial charge in [0.2, 0.25) is 0 Å². The SMILES string of the molecule is C#CCOC(=O)CN1C(=C)c2ccccc2C1=O. The Morgan fingerprint density at radius 3 is 2.67 bits per heavy atom. The number of amides is 1. The normalized spacial score (nSPS) is 13.2. The molecule has 1 aromatic rings. The lowest BCUT2D eigenvalue weighted by Gasteiger charge is -2.15. The van der Waals surface area contributed by atoms with Gasteiger partial charge < -0.3 is 4.74 Å². The molecule has 0 radical (unpaired) electrons. The number of fused-ring (bicyclic) bond motifs is 1. The molecule has 0 aromatic heterocycles. The molecule has 18 heavy (non-hydrogen) atoms. The molecule has 2 rings (SSSR count). The van der Waals surface area contributed by atoms with Gasteiger partial charge in [-0.25, -0.2) is 0 Å². The third-order valence-corrected chi connectivity index (χ3v) is 2.64. The Kier molecular flexibility index (Phi) is 3.16. The van der Waals surface area contributed by atoms with Crippen LogP contribution < -0.4 is 0 Å². The second-order valence-corrected chi connectivity index (χ2v) is 3.75. The third-order valence-electron chi connectivity index (χ3n) is 2.64. The van der Waals surface area contributed by atoms with E-state index < -0.39 is 5.97 Å². The first-order chi connectivity index (χ1) is 8.65. The minimum Gasteiger partial charge on any atom is -0.451 e. The van der Waals surface area contributed by atoms with Crippen molar-refractivity contribution < 1.29 is 14.3 Å². The Morgan fingerprint density at radius 2 is 2.06 bits per heavy atom. The summed E-state index contributed by atoms with van der Waals surface area (Å²) in [5.41, 5.74) is 1.80. The highest BCUT2D eigenvalue weighted by Crippen LogP contribution is 2.30. The van der Waals surface area contributed by atoms with E-state index in [1.807, 2.05) is 6.07 Å². The summed E-state index contributed by atoms with van der Waals surface area (Å²) in [6.07, 6.45) is 4.98. The first-order valence-corrected chi connectivity index (χ1v) is 5.34. The van der Waals surface area contributed by atoms with Gasteiger partial charge in [-0.2, -0.15) is 0 Å². The number of rotatable bonds is 3. The highest BCUT2D eigenvalue weighted by Gasteiger charge is 2.32. The summed E-state index contributed by atoms with van der Waals surface area (Å²) in [7, 11) is 0. The van der Waals surface area contributed by atoms with Crippen LogP contribution in [0.3, 0.4) is 0 Å². The second kappa shape index (κ2) is 4.76. The molecule has 1 aliphatic rings. The zero-order valence-electron chi connectivity index (χ0n) is 9.68. The van der Waals surface area contributed by atoms with Crippen molar-refractivity contribution in [2.24, 2.45) is 0 Å². The summed E-state index contributed by atoms with van der Waals surface area (Å²) in [4.78, 5) is 24.8. The molecule has 1 amide bonds. The fraction of sp³-hybridized carbons (Fsp3) is 0.143. The summed E-state index contributed by atoms with van der Waals surface area (Å²) >= 11 is 0. The third kappa shape index (κ3) is 1.98.